The van der Waals surface area contributed by atoms with Crippen molar-refractivity contribution in [1.29, 1.82) is 0 Å². The van der Waals surface area contributed by atoms with E-state index in [0.29, 0.717) is 74.2 Å². The molecule has 16 rings (SSSR count). The van der Waals surface area contributed by atoms with Gasteiger partial charge in [0.2, 0.25) is 0 Å². The first-order valence-electron chi connectivity index (χ1n) is 30.4. The molecular weight excluding hydrogens is 953 g/mol. The van der Waals surface area contributed by atoms with Crippen molar-refractivity contribution < 1.29 is 19.1 Å². The summed E-state index contributed by atoms with van der Waals surface area (Å²) in [6, 6.07) is 61.2. The zero-order chi connectivity index (χ0) is 59.4. The maximum Gasteiger partial charge on any atom is 0.137 e. The van der Waals surface area contributed by atoms with Gasteiger partial charge in [-0.25, -0.2) is 4.98 Å². The second-order valence-corrected chi connectivity index (χ2v) is 22.0. The first-order valence-corrected chi connectivity index (χ1v) is 26.9. The van der Waals surface area contributed by atoms with Crippen LogP contribution >= 0.6 is 0 Å². The molecule has 12 bridgehead atoms. The molecule has 384 valence electrons. The summed E-state index contributed by atoms with van der Waals surface area (Å²) in [6.07, 6.45) is -1.51. The van der Waals surface area contributed by atoms with Gasteiger partial charge >= 0.3 is 0 Å². The van der Waals surface area contributed by atoms with E-state index in [4.69, 9.17) is 14.5 Å². The Morgan fingerprint density at radius 2 is 1.13 bits per heavy atom. The first-order chi connectivity index (χ1) is 40.7. The fraction of sp³-hybridized carbons (Fsp3) is 0.181. The second kappa shape index (κ2) is 19.6. The van der Waals surface area contributed by atoms with Gasteiger partial charge in [-0.2, -0.15) is 0 Å². The van der Waals surface area contributed by atoms with Crippen molar-refractivity contribution in [2.75, 3.05) is 16.5 Å². The second-order valence-electron chi connectivity index (χ2n) is 22.0. The van der Waals surface area contributed by atoms with Crippen LogP contribution in [0.3, 0.4) is 0 Å². The molecule has 11 aromatic rings. The molecule has 6 heteroatoms. The molecule has 0 saturated heterocycles. The van der Waals surface area contributed by atoms with Crippen LogP contribution in [0.5, 0.6) is 23.0 Å². The summed E-state index contributed by atoms with van der Waals surface area (Å²) < 4.78 is 82.2. The van der Waals surface area contributed by atoms with E-state index in [1.54, 1.807) is 0 Å². The number of benzene rings is 9. The van der Waals surface area contributed by atoms with Gasteiger partial charge in [0, 0.05) is 57.0 Å². The average Bonchev–Trinajstić information content (AvgIpc) is 2.01. The van der Waals surface area contributed by atoms with Gasteiger partial charge in [-0.15, -0.1) is 0 Å². The van der Waals surface area contributed by atoms with E-state index in [1.807, 2.05) is 202 Å². The van der Waals surface area contributed by atoms with Crippen LogP contribution in [0, 0.1) is 11.8 Å². The van der Waals surface area contributed by atoms with Crippen LogP contribution in [0.25, 0.3) is 72.1 Å². The van der Waals surface area contributed by atoms with Gasteiger partial charge in [0.1, 0.15) is 35.5 Å². The number of para-hydroxylation sites is 2. The minimum absolute atomic E-state index is 0.0155. The number of aromatic nitrogens is 2. The van der Waals surface area contributed by atoms with Gasteiger partial charge in [0.15, 0.2) is 0 Å². The van der Waals surface area contributed by atoms with Crippen molar-refractivity contribution in [3.8, 4) is 73.3 Å². The minimum Gasteiger partial charge on any atom is -0.457 e. The summed E-state index contributed by atoms with van der Waals surface area (Å²) in [5, 5.41) is 1.26. The van der Waals surface area contributed by atoms with Crippen molar-refractivity contribution in [1.82, 2.24) is 9.55 Å². The molecule has 0 unspecified atom stereocenters. The molecule has 78 heavy (non-hydrogen) atoms. The molecule has 0 saturated carbocycles. The van der Waals surface area contributed by atoms with Crippen LogP contribution in [0.1, 0.15) is 74.8 Å². The summed E-state index contributed by atoms with van der Waals surface area (Å²) in [4.78, 5) is 9.71. The Kier molecular flexibility index (Phi) is 10.4. The van der Waals surface area contributed by atoms with E-state index in [9.17, 15) is 9.60 Å². The molecule has 0 atom stereocenters. The largest absolute Gasteiger partial charge is 0.457 e. The van der Waals surface area contributed by atoms with Gasteiger partial charge in [0.25, 0.3) is 0 Å². The van der Waals surface area contributed by atoms with Crippen molar-refractivity contribution >= 4 is 44.6 Å². The van der Waals surface area contributed by atoms with Gasteiger partial charge in [-0.3, -0.25) is 4.57 Å². The van der Waals surface area contributed by atoms with Crippen LogP contribution in [-0.4, -0.2) is 16.2 Å². The van der Waals surface area contributed by atoms with Crippen LogP contribution in [-0.2, 0) is 18.2 Å². The molecule has 0 radical (unpaired) electrons. The molecule has 9 aromatic carbocycles. The zero-order valence-electron chi connectivity index (χ0n) is 51.9. The van der Waals surface area contributed by atoms with Crippen LogP contribution in [0.15, 0.2) is 212 Å². The Hall–Kier alpha value is -8.87. The van der Waals surface area contributed by atoms with Gasteiger partial charge < -0.3 is 19.3 Å². The fourth-order valence-corrected chi connectivity index (χ4v) is 11.2. The Bertz CT molecular complexity index is 4440. The van der Waals surface area contributed by atoms with Crippen molar-refractivity contribution in [3.05, 3.63) is 229 Å². The fourth-order valence-electron chi connectivity index (χ4n) is 11.2. The van der Waals surface area contributed by atoms with E-state index in [-0.39, 0.29) is 35.4 Å². The van der Waals surface area contributed by atoms with Crippen molar-refractivity contribution in [3.63, 3.8) is 0 Å². The molecule has 0 spiro atoms. The number of anilines is 4. The third kappa shape index (κ3) is 9.15. The van der Waals surface area contributed by atoms with Crippen LogP contribution in [0.2, 0.25) is 0 Å². The third-order valence-electron chi connectivity index (χ3n) is 14.6. The molecule has 5 aliphatic rings. The molecular formula is C72H64N4O2. The number of nitrogens with zero attached hydrogens (tertiary/aromatic N) is 4. The molecule has 0 aliphatic carbocycles. The van der Waals surface area contributed by atoms with E-state index in [2.05, 4.69) is 54.8 Å². The third-order valence-corrected chi connectivity index (χ3v) is 14.6. The Labute approximate surface area is 468 Å². The Morgan fingerprint density at radius 1 is 0.513 bits per heavy atom. The van der Waals surface area contributed by atoms with Crippen LogP contribution < -0.4 is 19.3 Å². The van der Waals surface area contributed by atoms with Gasteiger partial charge in [-0.05, 0) is 165 Å². The van der Waals surface area contributed by atoms with Crippen molar-refractivity contribution in [2.24, 2.45) is 11.8 Å². The first kappa shape index (κ1) is 41.3. The maximum absolute atomic E-state index is 9.85. The minimum atomic E-state index is -1.74. The van der Waals surface area contributed by atoms with E-state index in [1.165, 1.54) is 0 Å². The molecule has 2 aromatic heterocycles. The highest BCUT2D eigenvalue weighted by atomic mass is 16.5. The zero-order valence-corrected chi connectivity index (χ0v) is 44.9. The highest BCUT2D eigenvalue weighted by Gasteiger charge is 2.32. The number of hydrogen-bond acceptors (Lipinski definition) is 5. The molecule has 6 nitrogen and oxygen atoms in total. The summed E-state index contributed by atoms with van der Waals surface area (Å²) in [5.74, 6) is 2.20. The highest BCUT2D eigenvalue weighted by molar-refractivity contribution is 6.11. The van der Waals surface area contributed by atoms with E-state index in [0.717, 1.165) is 67.1 Å². The normalized spacial score (nSPS) is 14.7. The van der Waals surface area contributed by atoms with Crippen LogP contribution in [0.4, 0.5) is 22.7 Å². The average molecular weight is 1020 g/mol. The van der Waals surface area contributed by atoms with Gasteiger partial charge in [0.05, 0.1) is 32.2 Å². The molecule has 0 amide bonds. The number of hydrogen-bond donors (Lipinski definition) is 0. The molecule has 7 heterocycles. The summed E-state index contributed by atoms with van der Waals surface area (Å²) in [5.41, 5.74) is 12.4. The number of rotatable bonds is 6. The molecule has 5 aliphatic heterocycles. The van der Waals surface area contributed by atoms with E-state index < -0.39 is 12.7 Å². The topological polar surface area (TPSA) is 42.8 Å². The lowest BCUT2D eigenvalue weighted by atomic mass is 9.82. The summed E-state index contributed by atoms with van der Waals surface area (Å²) in [7, 11) is 0. The van der Waals surface area contributed by atoms with E-state index >= 15 is 0 Å². The standard InChI is InChI=1S/C72H64N4O2/c1-46(2)35-48-15-13-18-54(37-48)62-39-49(36-47(3)4)38-61-51-23-28-56(29-24-51)77-57-30-25-52(26-31-57)64-44-73-70(43-65(64)72(5,6)7)76-66-34-27-53(50-16-9-8-10-17-50)40-63(66)60-33-32-59(42-69(60)76)78-58-20-14-19-55(41-58)74-45-75(71(61)62)68-22-12-11-21-67(68)74/h8-34,37-44,46-47H,35-36,45H2,1-7H3/i27D,34D,35D2,36D2,40D. The molecule has 0 fully saturated rings. The number of fused-ring (bicyclic) bond motifs is 6. The number of pyridine rings is 1. The Morgan fingerprint density at radius 3 is 1.85 bits per heavy atom. The lowest BCUT2D eigenvalue weighted by Gasteiger charge is -2.28. The smallest absolute Gasteiger partial charge is 0.137 e. The summed E-state index contributed by atoms with van der Waals surface area (Å²) in [6.45, 7) is 14.4. The Balaban J connectivity index is 1.05. The quantitative estimate of drug-likeness (QED) is 0.166. The van der Waals surface area contributed by atoms with Gasteiger partial charge in [-0.1, -0.05) is 152 Å². The predicted molar refractivity (Wildman–Crippen MR) is 325 cm³/mol. The van der Waals surface area contributed by atoms with Crippen molar-refractivity contribution in [2.45, 2.75) is 66.6 Å². The maximum atomic E-state index is 9.85. The predicted octanol–water partition coefficient (Wildman–Crippen LogP) is 19.7. The number of ether oxygens (including phenoxy) is 2. The monoisotopic (exact) mass is 1020 g/mol. The lowest BCUT2D eigenvalue weighted by Crippen LogP contribution is -2.25. The lowest BCUT2D eigenvalue weighted by molar-refractivity contribution is 0.482. The summed E-state index contributed by atoms with van der Waals surface area (Å²) >= 11 is 0. The highest BCUT2D eigenvalue weighted by Crippen LogP contribution is 2.52. The SMILES string of the molecule is [2H]c1c(-c2ccccc2)c([2H])c2c3ccc4cc3n(c2c1[2H])-c1cc(C(C)(C)C)c(cn1)-c1ccc(cc1)Oc1ccc(cc1)-c1cc(C([2H])([2H])C(C)C)cc(-c2cccc(C([2H])([2H])C(C)C)c2)c1N1CN(c2cccc(c2)O4)c2ccccc21. The molecule has 0 N–H and O–H groups in total.